The zero-order chi connectivity index (χ0) is 19.6. The molecule has 0 radical (unpaired) electrons. The third-order valence-electron chi connectivity index (χ3n) is 4.19. The molecule has 0 heterocycles. The number of hydrogen-bond donors (Lipinski definition) is 2. The fourth-order valence-corrected chi connectivity index (χ4v) is 3.44. The van der Waals surface area contributed by atoms with Crippen LogP contribution in [0.4, 0.5) is 4.39 Å². The number of aliphatic imine (C=N–C) groups is 1. The average molecular weight is 516 g/mol. The molecule has 0 bridgehead atoms. The van der Waals surface area contributed by atoms with Crippen molar-refractivity contribution in [3.05, 3.63) is 70.5 Å². The van der Waals surface area contributed by atoms with Crippen molar-refractivity contribution in [3.8, 4) is 0 Å². The third kappa shape index (κ3) is 7.97. The number of rotatable bonds is 8. The zero-order valence-electron chi connectivity index (χ0n) is 17.0. The van der Waals surface area contributed by atoms with E-state index in [4.69, 9.17) is 0 Å². The van der Waals surface area contributed by atoms with Crippen molar-refractivity contribution in [2.24, 2.45) is 4.99 Å². The summed E-state index contributed by atoms with van der Waals surface area (Å²) in [5.41, 5.74) is 4.65. The highest BCUT2D eigenvalue weighted by atomic mass is 127. The van der Waals surface area contributed by atoms with Gasteiger partial charge in [-0.1, -0.05) is 30.3 Å². The first-order chi connectivity index (χ1) is 13.0. The molecule has 0 saturated carbocycles. The first kappa shape index (κ1) is 24.7. The predicted octanol–water partition coefficient (Wildman–Crippen LogP) is 4.23. The van der Waals surface area contributed by atoms with E-state index < -0.39 is 0 Å². The summed E-state index contributed by atoms with van der Waals surface area (Å²) >= 11 is 1.69. The standard InChI is InChI=1S/C21H29FN4S.HI/c1-23-21(24-12-16-7-5-6-8-18(16)14-26(2)3)25-13-17-9-10-20(22)11-19(17)15-27-4;/h5-11H,12-15H2,1-4H3,(H2,23,24,25);1H. The van der Waals surface area contributed by atoms with E-state index in [-0.39, 0.29) is 29.8 Å². The van der Waals surface area contributed by atoms with Crippen molar-refractivity contribution in [2.75, 3.05) is 27.4 Å². The van der Waals surface area contributed by atoms with Gasteiger partial charge in [0.25, 0.3) is 0 Å². The van der Waals surface area contributed by atoms with Crippen LogP contribution in [0.5, 0.6) is 0 Å². The monoisotopic (exact) mass is 516 g/mol. The highest BCUT2D eigenvalue weighted by Crippen LogP contribution is 2.16. The van der Waals surface area contributed by atoms with E-state index in [0.717, 1.165) is 29.4 Å². The van der Waals surface area contributed by atoms with Crippen LogP contribution in [-0.2, 0) is 25.4 Å². The minimum atomic E-state index is -0.192. The van der Waals surface area contributed by atoms with Crippen LogP contribution < -0.4 is 10.6 Å². The molecular formula is C21H30FIN4S. The molecule has 0 unspecified atom stereocenters. The number of thioether (sulfide) groups is 1. The van der Waals surface area contributed by atoms with E-state index in [0.29, 0.717) is 13.1 Å². The number of nitrogens with zero attached hydrogens (tertiary/aromatic N) is 2. The summed E-state index contributed by atoms with van der Waals surface area (Å²) in [5.74, 6) is 1.33. The number of halogens is 2. The van der Waals surface area contributed by atoms with Gasteiger partial charge in [-0.2, -0.15) is 11.8 Å². The Morgan fingerprint density at radius 1 is 1.00 bits per heavy atom. The van der Waals surface area contributed by atoms with E-state index in [2.05, 4.69) is 58.9 Å². The van der Waals surface area contributed by atoms with Crippen LogP contribution in [0, 0.1) is 5.82 Å². The van der Waals surface area contributed by atoms with Crippen LogP contribution in [0.25, 0.3) is 0 Å². The summed E-state index contributed by atoms with van der Waals surface area (Å²) in [6.07, 6.45) is 2.02. The van der Waals surface area contributed by atoms with Gasteiger partial charge >= 0.3 is 0 Å². The molecule has 0 aromatic heterocycles. The molecule has 0 aliphatic rings. The molecule has 0 atom stereocenters. The van der Waals surface area contributed by atoms with Crippen LogP contribution >= 0.6 is 35.7 Å². The molecule has 0 aliphatic carbocycles. The molecule has 2 N–H and O–H groups in total. The summed E-state index contributed by atoms with van der Waals surface area (Å²) in [6, 6.07) is 13.4. The smallest absolute Gasteiger partial charge is 0.191 e. The molecule has 154 valence electrons. The van der Waals surface area contributed by atoms with Crippen molar-refractivity contribution in [1.82, 2.24) is 15.5 Å². The molecule has 4 nitrogen and oxygen atoms in total. The maximum atomic E-state index is 13.5. The lowest BCUT2D eigenvalue weighted by Crippen LogP contribution is -2.36. The second-order valence-electron chi connectivity index (χ2n) is 6.63. The molecule has 0 fully saturated rings. The highest BCUT2D eigenvalue weighted by molar-refractivity contribution is 14.0. The third-order valence-corrected chi connectivity index (χ3v) is 4.79. The quantitative estimate of drug-likeness (QED) is 0.313. The lowest BCUT2D eigenvalue weighted by Gasteiger charge is -2.17. The second-order valence-corrected chi connectivity index (χ2v) is 7.50. The van der Waals surface area contributed by atoms with Gasteiger partial charge in [0.15, 0.2) is 5.96 Å². The minimum Gasteiger partial charge on any atom is -0.352 e. The lowest BCUT2D eigenvalue weighted by atomic mass is 10.1. The van der Waals surface area contributed by atoms with Gasteiger partial charge in [-0.3, -0.25) is 4.99 Å². The van der Waals surface area contributed by atoms with Crippen molar-refractivity contribution in [3.63, 3.8) is 0 Å². The van der Waals surface area contributed by atoms with Crippen LogP contribution in [0.15, 0.2) is 47.5 Å². The van der Waals surface area contributed by atoms with Crippen LogP contribution in [-0.4, -0.2) is 38.3 Å². The molecule has 0 aliphatic heterocycles. The van der Waals surface area contributed by atoms with Gasteiger partial charge in [-0.05, 0) is 54.7 Å². The summed E-state index contributed by atoms with van der Waals surface area (Å²) in [6.45, 7) is 2.21. The summed E-state index contributed by atoms with van der Waals surface area (Å²) in [5, 5.41) is 6.70. The van der Waals surface area contributed by atoms with Crippen LogP contribution in [0.1, 0.15) is 22.3 Å². The lowest BCUT2D eigenvalue weighted by molar-refractivity contribution is 0.400. The largest absolute Gasteiger partial charge is 0.352 e. The predicted molar refractivity (Wildman–Crippen MR) is 130 cm³/mol. The Kier molecular flexibility index (Phi) is 11.5. The van der Waals surface area contributed by atoms with Gasteiger partial charge in [-0.25, -0.2) is 4.39 Å². The molecule has 7 heteroatoms. The summed E-state index contributed by atoms with van der Waals surface area (Å²) < 4.78 is 13.5. The van der Waals surface area contributed by atoms with Crippen molar-refractivity contribution in [2.45, 2.75) is 25.4 Å². The molecular weight excluding hydrogens is 486 g/mol. The molecule has 2 aromatic carbocycles. The number of guanidine groups is 1. The van der Waals surface area contributed by atoms with Gasteiger partial charge in [-0.15, -0.1) is 24.0 Å². The topological polar surface area (TPSA) is 39.7 Å². The Labute approximate surface area is 189 Å². The van der Waals surface area contributed by atoms with Crippen LogP contribution in [0.2, 0.25) is 0 Å². The van der Waals surface area contributed by atoms with Gasteiger partial charge in [0.1, 0.15) is 5.82 Å². The van der Waals surface area contributed by atoms with E-state index in [9.17, 15) is 4.39 Å². The van der Waals surface area contributed by atoms with Gasteiger partial charge < -0.3 is 15.5 Å². The first-order valence-corrected chi connectivity index (χ1v) is 10.3. The van der Waals surface area contributed by atoms with Gasteiger partial charge in [0, 0.05) is 32.4 Å². The van der Waals surface area contributed by atoms with Crippen LogP contribution in [0.3, 0.4) is 0 Å². The Bertz CT molecular complexity index is 768. The van der Waals surface area contributed by atoms with Crippen molar-refractivity contribution >= 4 is 41.7 Å². The fourth-order valence-electron chi connectivity index (χ4n) is 2.86. The van der Waals surface area contributed by atoms with Gasteiger partial charge in [0.05, 0.1) is 0 Å². The van der Waals surface area contributed by atoms with E-state index in [1.807, 2.05) is 12.3 Å². The summed E-state index contributed by atoms with van der Waals surface area (Å²) in [4.78, 5) is 6.47. The zero-order valence-corrected chi connectivity index (χ0v) is 20.1. The van der Waals surface area contributed by atoms with E-state index in [1.54, 1.807) is 24.9 Å². The number of hydrogen-bond acceptors (Lipinski definition) is 3. The number of nitrogens with one attached hydrogen (secondary N) is 2. The molecule has 0 amide bonds. The molecule has 0 saturated heterocycles. The van der Waals surface area contributed by atoms with Crippen molar-refractivity contribution < 1.29 is 4.39 Å². The normalized spacial score (nSPS) is 11.3. The fraction of sp³-hybridized carbons (Fsp3) is 0.381. The second kappa shape index (κ2) is 13.0. The number of benzene rings is 2. The maximum Gasteiger partial charge on any atom is 0.191 e. The molecule has 2 rings (SSSR count). The van der Waals surface area contributed by atoms with Crippen molar-refractivity contribution in [1.29, 1.82) is 0 Å². The SMILES string of the molecule is CN=C(NCc1ccc(F)cc1CSC)NCc1ccccc1CN(C)C.I. The Hall–Kier alpha value is -1.32. The Morgan fingerprint density at radius 2 is 1.61 bits per heavy atom. The Balaban J connectivity index is 0.00000392. The van der Waals surface area contributed by atoms with E-state index >= 15 is 0 Å². The summed E-state index contributed by atoms with van der Waals surface area (Å²) in [7, 11) is 5.90. The maximum absolute atomic E-state index is 13.5. The minimum absolute atomic E-state index is 0. The first-order valence-electron chi connectivity index (χ1n) is 8.95. The highest BCUT2D eigenvalue weighted by Gasteiger charge is 2.07. The average Bonchev–Trinajstić information content (AvgIpc) is 2.64. The van der Waals surface area contributed by atoms with E-state index in [1.165, 1.54) is 17.2 Å². The Morgan fingerprint density at radius 3 is 2.18 bits per heavy atom. The molecule has 2 aromatic rings. The molecule has 28 heavy (non-hydrogen) atoms. The molecule has 0 spiro atoms. The van der Waals surface area contributed by atoms with Gasteiger partial charge in [0.2, 0.25) is 0 Å².